The smallest absolute Gasteiger partial charge is 0.266 e. The van der Waals surface area contributed by atoms with Gasteiger partial charge in [0.2, 0.25) is 0 Å². The molecule has 6 nitrogen and oxygen atoms in total. The van der Waals surface area contributed by atoms with Crippen LogP contribution in [0, 0.1) is 0 Å². The molecule has 1 N–H and O–H groups in total. The Labute approximate surface area is 234 Å². The third-order valence-corrected chi connectivity index (χ3v) is 7.61. The Kier molecular flexibility index (Phi) is 9.10. The first kappa shape index (κ1) is 27.0. The number of anilines is 1. The zero-order valence-corrected chi connectivity index (χ0v) is 22.8. The SMILES string of the molecule is COc1cc(/C=C2\SC(=S)N(CCc3ccccc3)C2=O)ccc1OCC(=O)Nc1cccc(Cl)c1Cl. The summed E-state index contributed by atoms with van der Waals surface area (Å²) < 4.78 is 11.6. The number of methoxy groups -OCH3 is 1. The van der Waals surface area contributed by atoms with Gasteiger partial charge in [-0.05, 0) is 47.9 Å². The minimum atomic E-state index is -0.408. The second-order valence-electron chi connectivity index (χ2n) is 7.92. The Morgan fingerprint density at radius 1 is 1.08 bits per heavy atom. The number of nitrogens with one attached hydrogen (secondary N) is 1. The van der Waals surface area contributed by atoms with Crippen molar-refractivity contribution in [3.63, 3.8) is 0 Å². The molecule has 0 atom stereocenters. The summed E-state index contributed by atoms with van der Waals surface area (Å²) in [5, 5.41) is 3.26. The highest BCUT2D eigenvalue weighted by atomic mass is 35.5. The Morgan fingerprint density at radius 2 is 1.86 bits per heavy atom. The largest absolute Gasteiger partial charge is 0.493 e. The molecule has 10 heteroatoms. The van der Waals surface area contributed by atoms with Crippen LogP contribution in [0.2, 0.25) is 10.0 Å². The van der Waals surface area contributed by atoms with Crippen molar-refractivity contribution >= 4 is 75.1 Å². The molecule has 3 aromatic rings. The van der Waals surface area contributed by atoms with Crippen LogP contribution in [0.5, 0.6) is 11.5 Å². The van der Waals surface area contributed by atoms with Crippen LogP contribution in [0.1, 0.15) is 11.1 Å². The lowest BCUT2D eigenvalue weighted by Gasteiger charge is -2.14. The summed E-state index contributed by atoms with van der Waals surface area (Å²) in [6, 6.07) is 20.1. The summed E-state index contributed by atoms with van der Waals surface area (Å²) in [6.45, 7) is 0.253. The van der Waals surface area contributed by atoms with Gasteiger partial charge in [0.1, 0.15) is 4.32 Å². The molecule has 0 spiro atoms. The summed E-state index contributed by atoms with van der Waals surface area (Å²) in [6.07, 6.45) is 2.49. The van der Waals surface area contributed by atoms with E-state index < -0.39 is 5.91 Å². The molecular formula is C27H22Cl2N2O4S2. The molecule has 3 aromatic carbocycles. The Hall–Kier alpha value is -3.04. The monoisotopic (exact) mass is 572 g/mol. The number of halogens is 2. The second-order valence-corrected chi connectivity index (χ2v) is 10.4. The number of rotatable bonds is 9. The van der Waals surface area contributed by atoms with Crippen LogP contribution in [-0.4, -0.2) is 41.3 Å². The van der Waals surface area contributed by atoms with E-state index in [0.717, 1.165) is 17.5 Å². The molecule has 0 bridgehead atoms. The van der Waals surface area contributed by atoms with Crippen LogP contribution in [-0.2, 0) is 16.0 Å². The van der Waals surface area contributed by atoms with Gasteiger partial charge in [-0.3, -0.25) is 14.5 Å². The number of hydrogen-bond donors (Lipinski definition) is 1. The molecule has 1 heterocycles. The minimum absolute atomic E-state index is 0.124. The van der Waals surface area contributed by atoms with E-state index in [1.807, 2.05) is 30.3 Å². The van der Waals surface area contributed by atoms with Crippen molar-refractivity contribution in [3.05, 3.63) is 92.8 Å². The third-order valence-electron chi connectivity index (χ3n) is 5.41. The van der Waals surface area contributed by atoms with Gasteiger partial charge in [-0.2, -0.15) is 0 Å². The number of amides is 2. The van der Waals surface area contributed by atoms with Gasteiger partial charge in [0, 0.05) is 6.54 Å². The predicted octanol–water partition coefficient (Wildman–Crippen LogP) is 6.46. The molecule has 4 rings (SSSR count). The zero-order valence-electron chi connectivity index (χ0n) is 19.7. The lowest BCUT2D eigenvalue weighted by atomic mass is 10.1. The molecule has 1 fully saturated rings. The second kappa shape index (κ2) is 12.5. The van der Waals surface area contributed by atoms with E-state index >= 15 is 0 Å². The first-order valence-electron chi connectivity index (χ1n) is 11.2. The maximum absolute atomic E-state index is 13.0. The summed E-state index contributed by atoms with van der Waals surface area (Å²) in [5.74, 6) is 0.264. The Bertz CT molecular complexity index is 1370. The van der Waals surface area contributed by atoms with Gasteiger partial charge in [-0.25, -0.2) is 0 Å². The molecule has 0 radical (unpaired) electrons. The lowest BCUT2D eigenvalue weighted by Crippen LogP contribution is -2.30. The van der Waals surface area contributed by atoms with E-state index in [0.29, 0.717) is 38.0 Å². The minimum Gasteiger partial charge on any atom is -0.493 e. The number of thioether (sulfide) groups is 1. The number of thiocarbonyl (C=S) groups is 1. The molecule has 0 aliphatic carbocycles. The van der Waals surface area contributed by atoms with Gasteiger partial charge >= 0.3 is 0 Å². The van der Waals surface area contributed by atoms with Crippen molar-refractivity contribution in [2.75, 3.05) is 25.6 Å². The number of carbonyl (C=O) groups is 2. The average Bonchev–Trinajstić information content (AvgIpc) is 3.16. The zero-order chi connectivity index (χ0) is 26.4. The van der Waals surface area contributed by atoms with Crippen LogP contribution in [0.25, 0.3) is 6.08 Å². The third kappa shape index (κ3) is 6.84. The molecular weight excluding hydrogens is 551 g/mol. The van der Waals surface area contributed by atoms with Crippen LogP contribution in [0.3, 0.4) is 0 Å². The molecule has 1 aliphatic rings. The first-order valence-corrected chi connectivity index (χ1v) is 13.2. The van der Waals surface area contributed by atoms with E-state index in [-0.39, 0.29) is 17.5 Å². The van der Waals surface area contributed by atoms with Gasteiger partial charge in [0.25, 0.3) is 11.8 Å². The normalized spacial score (nSPS) is 14.2. The van der Waals surface area contributed by atoms with Crippen molar-refractivity contribution < 1.29 is 19.1 Å². The van der Waals surface area contributed by atoms with E-state index in [1.54, 1.807) is 47.4 Å². The van der Waals surface area contributed by atoms with E-state index in [9.17, 15) is 9.59 Å². The van der Waals surface area contributed by atoms with Crippen LogP contribution in [0.4, 0.5) is 5.69 Å². The lowest BCUT2D eigenvalue weighted by molar-refractivity contribution is -0.122. The quantitative estimate of drug-likeness (QED) is 0.234. The molecule has 1 saturated heterocycles. The maximum Gasteiger partial charge on any atom is 0.266 e. The highest BCUT2D eigenvalue weighted by Crippen LogP contribution is 2.35. The Balaban J connectivity index is 1.39. The highest BCUT2D eigenvalue weighted by Gasteiger charge is 2.31. The fourth-order valence-corrected chi connectivity index (χ4v) is 5.21. The van der Waals surface area contributed by atoms with Crippen molar-refractivity contribution in [2.24, 2.45) is 0 Å². The fourth-order valence-electron chi connectivity index (χ4n) is 3.55. The summed E-state index contributed by atoms with van der Waals surface area (Å²) in [7, 11) is 1.50. The Morgan fingerprint density at radius 3 is 2.62 bits per heavy atom. The van der Waals surface area contributed by atoms with Gasteiger partial charge < -0.3 is 14.8 Å². The molecule has 0 aromatic heterocycles. The van der Waals surface area contributed by atoms with Gasteiger partial charge in [0.05, 0.1) is 27.7 Å². The fraction of sp³-hybridized carbons (Fsp3) is 0.148. The van der Waals surface area contributed by atoms with E-state index in [2.05, 4.69) is 5.32 Å². The number of carbonyl (C=O) groups excluding carboxylic acids is 2. The van der Waals surface area contributed by atoms with Crippen molar-refractivity contribution in [3.8, 4) is 11.5 Å². The van der Waals surface area contributed by atoms with Crippen LogP contribution >= 0.6 is 47.2 Å². The average molecular weight is 574 g/mol. The maximum atomic E-state index is 13.0. The first-order chi connectivity index (χ1) is 17.9. The molecule has 1 aliphatic heterocycles. The molecule has 2 amide bonds. The summed E-state index contributed by atoms with van der Waals surface area (Å²) >= 11 is 18.8. The predicted molar refractivity (Wildman–Crippen MR) is 154 cm³/mol. The number of hydrogen-bond acceptors (Lipinski definition) is 6. The molecule has 190 valence electrons. The summed E-state index contributed by atoms with van der Waals surface area (Å²) in [5.41, 5.74) is 2.28. The summed E-state index contributed by atoms with van der Waals surface area (Å²) in [4.78, 5) is 27.5. The van der Waals surface area contributed by atoms with E-state index in [1.165, 1.54) is 18.9 Å². The molecule has 0 unspecified atom stereocenters. The van der Waals surface area contributed by atoms with Gasteiger partial charge in [-0.1, -0.05) is 89.6 Å². The van der Waals surface area contributed by atoms with Crippen LogP contribution < -0.4 is 14.8 Å². The standard InChI is InChI=1S/C27H22Cl2N2O4S2/c1-34-22-14-18(10-11-21(22)35-16-24(32)30-20-9-5-8-19(28)25(20)29)15-23-26(33)31(27(36)37-23)13-12-17-6-3-2-4-7-17/h2-11,14-15H,12-13,16H2,1H3,(H,30,32)/b23-15-. The molecule has 0 saturated carbocycles. The number of ether oxygens (including phenoxy) is 2. The van der Waals surface area contributed by atoms with Crippen molar-refractivity contribution in [1.82, 2.24) is 4.90 Å². The van der Waals surface area contributed by atoms with E-state index in [4.69, 9.17) is 44.9 Å². The molecule has 37 heavy (non-hydrogen) atoms. The highest BCUT2D eigenvalue weighted by molar-refractivity contribution is 8.26. The van der Waals surface area contributed by atoms with Crippen molar-refractivity contribution in [2.45, 2.75) is 6.42 Å². The van der Waals surface area contributed by atoms with Crippen molar-refractivity contribution in [1.29, 1.82) is 0 Å². The number of benzene rings is 3. The van der Waals surface area contributed by atoms with Gasteiger partial charge in [0.15, 0.2) is 18.1 Å². The van der Waals surface area contributed by atoms with Crippen LogP contribution in [0.15, 0.2) is 71.6 Å². The topological polar surface area (TPSA) is 67.9 Å². The number of nitrogens with zero attached hydrogens (tertiary/aromatic N) is 1. The van der Waals surface area contributed by atoms with Gasteiger partial charge in [-0.15, -0.1) is 0 Å².